The van der Waals surface area contributed by atoms with E-state index in [1.54, 1.807) is 24.3 Å². The zero-order chi connectivity index (χ0) is 21.6. The van der Waals surface area contributed by atoms with E-state index in [2.05, 4.69) is 11.4 Å². The maximum atomic E-state index is 12.7. The standard InChI is InChI=1S/C22H30N2O4S/c1-6-21(18-9-8-16(3)17(4)14-18)23-22(25)15-24(29(5,26)27)19-10-12-20(13-11-19)28-7-2/h8-14,21H,6-7,15H2,1-5H3,(H,23,25)/t21-/m0/s1. The molecule has 29 heavy (non-hydrogen) atoms. The van der Waals surface area contributed by atoms with Gasteiger partial charge in [-0.2, -0.15) is 0 Å². The molecule has 0 aliphatic rings. The van der Waals surface area contributed by atoms with Crippen molar-refractivity contribution in [3.63, 3.8) is 0 Å². The van der Waals surface area contributed by atoms with Crippen molar-refractivity contribution in [1.29, 1.82) is 0 Å². The van der Waals surface area contributed by atoms with E-state index in [9.17, 15) is 13.2 Å². The van der Waals surface area contributed by atoms with E-state index < -0.39 is 10.0 Å². The maximum Gasteiger partial charge on any atom is 0.241 e. The molecule has 6 nitrogen and oxygen atoms in total. The molecular formula is C22H30N2O4S. The van der Waals surface area contributed by atoms with Crippen molar-refractivity contribution in [3.8, 4) is 5.75 Å². The number of nitrogens with one attached hydrogen (secondary N) is 1. The van der Waals surface area contributed by atoms with E-state index in [0.717, 1.165) is 21.7 Å². The van der Waals surface area contributed by atoms with Crippen molar-refractivity contribution in [3.05, 3.63) is 59.2 Å². The Kier molecular flexibility index (Phi) is 7.67. The Labute approximate surface area is 173 Å². The summed E-state index contributed by atoms with van der Waals surface area (Å²) in [6.07, 6.45) is 1.80. The lowest BCUT2D eigenvalue weighted by atomic mass is 9.99. The highest BCUT2D eigenvalue weighted by molar-refractivity contribution is 7.92. The van der Waals surface area contributed by atoms with E-state index in [1.807, 2.05) is 39.8 Å². The number of amides is 1. The van der Waals surface area contributed by atoms with Crippen molar-refractivity contribution in [2.75, 3.05) is 23.7 Å². The molecule has 0 unspecified atom stereocenters. The average molecular weight is 419 g/mol. The molecule has 158 valence electrons. The Hall–Kier alpha value is -2.54. The summed E-state index contributed by atoms with van der Waals surface area (Å²) < 4.78 is 31.1. The van der Waals surface area contributed by atoms with Crippen molar-refractivity contribution in [1.82, 2.24) is 5.32 Å². The minimum absolute atomic E-state index is 0.177. The van der Waals surface area contributed by atoms with Gasteiger partial charge in [0, 0.05) is 0 Å². The lowest BCUT2D eigenvalue weighted by molar-refractivity contribution is -0.120. The first-order chi connectivity index (χ1) is 13.7. The first kappa shape index (κ1) is 22.7. The number of carbonyl (C=O) groups excluding carboxylic acids is 1. The summed E-state index contributed by atoms with van der Waals surface area (Å²) in [5.41, 5.74) is 3.78. The van der Waals surface area contributed by atoms with Crippen LogP contribution in [0.15, 0.2) is 42.5 Å². The Morgan fingerprint density at radius 3 is 2.24 bits per heavy atom. The minimum Gasteiger partial charge on any atom is -0.494 e. The van der Waals surface area contributed by atoms with Crippen molar-refractivity contribution in [2.24, 2.45) is 0 Å². The van der Waals surface area contributed by atoms with Crippen LogP contribution in [-0.2, 0) is 14.8 Å². The van der Waals surface area contributed by atoms with Crippen LogP contribution in [0.1, 0.15) is 43.0 Å². The fourth-order valence-corrected chi connectivity index (χ4v) is 3.90. The molecule has 1 amide bonds. The molecule has 2 aromatic carbocycles. The molecule has 1 N–H and O–H groups in total. The predicted molar refractivity (Wildman–Crippen MR) is 117 cm³/mol. The Morgan fingerprint density at radius 2 is 1.72 bits per heavy atom. The molecule has 0 aliphatic heterocycles. The Bertz CT molecular complexity index is 940. The molecule has 0 aromatic heterocycles. The van der Waals surface area contributed by atoms with Gasteiger partial charge in [-0.05, 0) is 68.1 Å². The number of benzene rings is 2. The van der Waals surface area contributed by atoms with Gasteiger partial charge >= 0.3 is 0 Å². The van der Waals surface area contributed by atoms with Crippen LogP contribution in [0.25, 0.3) is 0 Å². The zero-order valence-electron chi connectivity index (χ0n) is 17.7. The van der Waals surface area contributed by atoms with Gasteiger partial charge in [0.1, 0.15) is 12.3 Å². The van der Waals surface area contributed by atoms with Crippen molar-refractivity contribution >= 4 is 21.6 Å². The van der Waals surface area contributed by atoms with Gasteiger partial charge < -0.3 is 10.1 Å². The highest BCUT2D eigenvalue weighted by Crippen LogP contribution is 2.23. The van der Waals surface area contributed by atoms with Crippen LogP contribution in [0.2, 0.25) is 0 Å². The lowest BCUT2D eigenvalue weighted by Crippen LogP contribution is -2.41. The zero-order valence-corrected chi connectivity index (χ0v) is 18.5. The summed E-state index contributed by atoms with van der Waals surface area (Å²) in [5.74, 6) is 0.296. The fraction of sp³-hybridized carbons (Fsp3) is 0.409. The summed E-state index contributed by atoms with van der Waals surface area (Å²) in [5, 5.41) is 2.96. The monoisotopic (exact) mass is 418 g/mol. The van der Waals surface area contributed by atoms with Gasteiger partial charge in [-0.15, -0.1) is 0 Å². The van der Waals surface area contributed by atoms with Crippen LogP contribution in [-0.4, -0.2) is 33.7 Å². The number of aryl methyl sites for hydroxylation is 2. The fourth-order valence-electron chi connectivity index (χ4n) is 3.05. The molecule has 0 fully saturated rings. The van der Waals surface area contributed by atoms with Gasteiger partial charge in [0.25, 0.3) is 0 Å². The van der Waals surface area contributed by atoms with Gasteiger partial charge in [0.05, 0.1) is 24.6 Å². The molecule has 1 atom stereocenters. The molecule has 0 heterocycles. The van der Waals surface area contributed by atoms with E-state index in [-0.39, 0.29) is 18.5 Å². The van der Waals surface area contributed by atoms with Gasteiger partial charge in [0.15, 0.2) is 0 Å². The summed E-state index contributed by atoms with van der Waals surface area (Å²) in [7, 11) is -3.63. The summed E-state index contributed by atoms with van der Waals surface area (Å²) in [6.45, 7) is 8.18. The largest absolute Gasteiger partial charge is 0.494 e. The van der Waals surface area contributed by atoms with E-state index >= 15 is 0 Å². The number of ether oxygens (including phenoxy) is 1. The van der Waals surface area contributed by atoms with E-state index in [4.69, 9.17) is 4.74 Å². The summed E-state index contributed by atoms with van der Waals surface area (Å²) in [4.78, 5) is 12.7. The van der Waals surface area contributed by atoms with Crippen LogP contribution in [0, 0.1) is 13.8 Å². The molecule has 0 radical (unpaired) electrons. The molecule has 0 bridgehead atoms. The van der Waals surface area contributed by atoms with Gasteiger partial charge in [0.2, 0.25) is 15.9 Å². The molecule has 0 saturated heterocycles. The molecule has 0 aliphatic carbocycles. The number of hydrogen-bond acceptors (Lipinski definition) is 4. The second-order valence-electron chi connectivity index (χ2n) is 7.07. The molecule has 7 heteroatoms. The van der Waals surface area contributed by atoms with Crippen LogP contribution in [0.3, 0.4) is 0 Å². The van der Waals surface area contributed by atoms with Gasteiger partial charge in [-0.25, -0.2) is 8.42 Å². The SMILES string of the molecule is CCOc1ccc(N(CC(=O)N[C@@H](CC)c2ccc(C)c(C)c2)S(C)(=O)=O)cc1. The van der Waals surface area contributed by atoms with Crippen molar-refractivity contribution < 1.29 is 17.9 Å². The molecule has 2 rings (SSSR count). The van der Waals surface area contributed by atoms with Crippen LogP contribution in [0.5, 0.6) is 5.75 Å². The van der Waals surface area contributed by atoms with Crippen LogP contribution < -0.4 is 14.4 Å². The van der Waals surface area contributed by atoms with Crippen LogP contribution >= 0.6 is 0 Å². The second kappa shape index (κ2) is 9.78. The Balaban J connectivity index is 2.17. The Morgan fingerprint density at radius 1 is 1.07 bits per heavy atom. The lowest BCUT2D eigenvalue weighted by Gasteiger charge is -2.24. The summed E-state index contributed by atoms with van der Waals surface area (Å²) in [6, 6.07) is 12.6. The maximum absolute atomic E-state index is 12.7. The first-order valence-electron chi connectivity index (χ1n) is 9.72. The average Bonchev–Trinajstić information content (AvgIpc) is 2.66. The quantitative estimate of drug-likeness (QED) is 0.673. The number of sulfonamides is 1. The van der Waals surface area contributed by atoms with Gasteiger partial charge in [-0.1, -0.05) is 25.1 Å². The predicted octanol–water partition coefficient (Wildman–Crippen LogP) is 3.74. The highest BCUT2D eigenvalue weighted by atomic mass is 32.2. The third kappa shape index (κ3) is 6.22. The van der Waals surface area contributed by atoms with E-state index in [1.165, 1.54) is 5.56 Å². The third-order valence-corrected chi connectivity index (χ3v) is 5.94. The van der Waals surface area contributed by atoms with E-state index in [0.29, 0.717) is 24.5 Å². The number of rotatable bonds is 9. The number of carbonyl (C=O) groups is 1. The number of hydrogen-bond donors (Lipinski definition) is 1. The molecular weight excluding hydrogens is 388 g/mol. The normalized spacial score (nSPS) is 12.3. The third-order valence-electron chi connectivity index (χ3n) is 4.80. The molecule has 2 aromatic rings. The van der Waals surface area contributed by atoms with Crippen molar-refractivity contribution in [2.45, 2.75) is 40.2 Å². The minimum atomic E-state index is -3.63. The smallest absolute Gasteiger partial charge is 0.241 e. The topological polar surface area (TPSA) is 75.7 Å². The second-order valence-corrected chi connectivity index (χ2v) is 8.98. The van der Waals surface area contributed by atoms with Crippen LogP contribution in [0.4, 0.5) is 5.69 Å². The number of nitrogens with zero attached hydrogens (tertiary/aromatic N) is 1. The van der Waals surface area contributed by atoms with Gasteiger partial charge in [-0.3, -0.25) is 9.10 Å². The summed E-state index contributed by atoms with van der Waals surface area (Å²) >= 11 is 0. The first-order valence-corrected chi connectivity index (χ1v) is 11.6. The number of anilines is 1. The highest BCUT2D eigenvalue weighted by Gasteiger charge is 2.22. The molecule has 0 saturated carbocycles. The molecule has 0 spiro atoms.